The number of carbonyl (C=O) groups is 1. The van der Waals surface area contributed by atoms with Crippen LogP contribution in [0.3, 0.4) is 0 Å². The highest BCUT2D eigenvalue weighted by molar-refractivity contribution is 5.87. The Labute approximate surface area is 123 Å². The minimum absolute atomic E-state index is 0.0703. The van der Waals surface area contributed by atoms with Crippen molar-refractivity contribution in [2.75, 3.05) is 19.8 Å². The zero-order valence-electron chi connectivity index (χ0n) is 11.9. The fourth-order valence-electron chi connectivity index (χ4n) is 3.07. The maximum Gasteiger partial charge on any atom is 0.335 e. The number of ether oxygens (including phenoxy) is 3. The molecule has 1 N–H and O–H groups in total. The minimum atomic E-state index is -0.937. The standard InChI is InChI=1S/C16H20O5/c17-15(18)12-2-1-3-13(10-12)21-14-4-7-20-16(11-14)5-8-19-9-6-16/h1-3,10,14H,4-9,11H2,(H,17,18). The normalized spacial score (nSPS) is 24.7. The third-order valence-electron chi connectivity index (χ3n) is 4.24. The van der Waals surface area contributed by atoms with E-state index in [2.05, 4.69) is 0 Å². The number of benzene rings is 1. The van der Waals surface area contributed by atoms with Crippen LogP contribution in [0.1, 0.15) is 36.0 Å². The number of hydrogen-bond acceptors (Lipinski definition) is 4. The lowest BCUT2D eigenvalue weighted by atomic mass is 9.85. The molecule has 0 aliphatic carbocycles. The van der Waals surface area contributed by atoms with Gasteiger partial charge in [0.1, 0.15) is 11.9 Å². The Morgan fingerprint density at radius 1 is 1.29 bits per heavy atom. The molecule has 1 unspecified atom stereocenters. The lowest BCUT2D eigenvalue weighted by Crippen LogP contribution is -2.47. The predicted octanol–water partition coefficient (Wildman–Crippen LogP) is 2.49. The Morgan fingerprint density at radius 3 is 2.86 bits per heavy atom. The lowest BCUT2D eigenvalue weighted by Gasteiger charge is -2.43. The van der Waals surface area contributed by atoms with E-state index < -0.39 is 5.97 Å². The van der Waals surface area contributed by atoms with Gasteiger partial charge in [-0.3, -0.25) is 0 Å². The van der Waals surface area contributed by atoms with Crippen LogP contribution < -0.4 is 4.74 Å². The van der Waals surface area contributed by atoms with Crippen molar-refractivity contribution in [1.82, 2.24) is 0 Å². The molecule has 0 aromatic heterocycles. The summed E-state index contributed by atoms with van der Waals surface area (Å²) in [5.74, 6) is -0.322. The van der Waals surface area contributed by atoms with E-state index in [1.54, 1.807) is 24.3 Å². The Balaban J connectivity index is 1.67. The van der Waals surface area contributed by atoms with Crippen LogP contribution in [0.15, 0.2) is 24.3 Å². The number of carboxylic acids is 1. The third-order valence-corrected chi connectivity index (χ3v) is 4.24. The molecule has 2 aliphatic heterocycles. The summed E-state index contributed by atoms with van der Waals surface area (Å²) in [5, 5.41) is 9.02. The molecule has 0 amide bonds. The monoisotopic (exact) mass is 292 g/mol. The Hall–Kier alpha value is -1.59. The van der Waals surface area contributed by atoms with Crippen molar-refractivity contribution >= 4 is 5.97 Å². The highest BCUT2D eigenvalue weighted by atomic mass is 16.5. The largest absolute Gasteiger partial charge is 0.490 e. The molecule has 5 nitrogen and oxygen atoms in total. The van der Waals surface area contributed by atoms with Gasteiger partial charge in [-0.25, -0.2) is 4.79 Å². The molecule has 1 atom stereocenters. The fourth-order valence-corrected chi connectivity index (χ4v) is 3.07. The van der Waals surface area contributed by atoms with Gasteiger partial charge in [-0.15, -0.1) is 0 Å². The van der Waals surface area contributed by atoms with Gasteiger partial charge in [0.25, 0.3) is 0 Å². The first kappa shape index (κ1) is 14.4. The van der Waals surface area contributed by atoms with Crippen molar-refractivity contribution in [3.8, 4) is 5.75 Å². The Bertz CT molecular complexity index is 502. The Morgan fingerprint density at radius 2 is 2.10 bits per heavy atom. The van der Waals surface area contributed by atoms with Crippen LogP contribution in [0.4, 0.5) is 0 Å². The molecule has 2 heterocycles. The van der Waals surface area contributed by atoms with Gasteiger partial charge < -0.3 is 19.3 Å². The summed E-state index contributed by atoms with van der Waals surface area (Å²) in [6.07, 6.45) is 3.55. The second kappa shape index (κ2) is 6.03. The average Bonchev–Trinajstić information content (AvgIpc) is 2.48. The predicted molar refractivity (Wildman–Crippen MR) is 75.8 cm³/mol. The van der Waals surface area contributed by atoms with E-state index in [1.165, 1.54) is 0 Å². The molecule has 0 bridgehead atoms. The van der Waals surface area contributed by atoms with Gasteiger partial charge in [-0.2, -0.15) is 0 Å². The minimum Gasteiger partial charge on any atom is -0.490 e. The highest BCUT2D eigenvalue weighted by Gasteiger charge is 2.39. The van der Waals surface area contributed by atoms with Crippen molar-refractivity contribution in [1.29, 1.82) is 0 Å². The molecular formula is C16H20O5. The smallest absolute Gasteiger partial charge is 0.335 e. The van der Waals surface area contributed by atoms with Gasteiger partial charge in [0.05, 0.1) is 17.8 Å². The molecule has 2 aliphatic rings. The molecule has 5 heteroatoms. The Kier molecular flexibility index (Phi) is 4.12. The molecule has 0 radical (unpaired) electrons. The maximum absolute atomic E-state index is 11.0. The van der Waals surface area contributed by atoms with Crippen LogP contribution in [-0.4, -0.2) is 42.6 Å². The van der Waals surface area contributed by atoms with Crippen molar-refractivity contribution in [3.05, 3.63) is 29.8 Å². The quantitative estimate of drug-likeness (QED) is 0.927. The van der Waals surface area contributed by atoms with E-state index >= 15 is 0 Å². The van der Waals surface area contributed by atoms with Crippen molar-refractivity contribution in [3.63, 3.8) is 0 Å². The van der Waals surface area contributed by atoms with E-state index in [-0.39, 0.29) is 17.3 Å². The number of aromatic carboxylic acids is 1. The first-order valence-electron chi connectivity index (χ1n) is 7.39. The van der Waals surface area contributed by atoms with Gasteiger partial charge in [0.15, 0.2) is 0 Å². The number of hydrogen-bond donors (Lipinski definition) is 1. The summed E-state index contributed by atoms with van der Waals surface area (Å²) >= 11 is 0. The molecule has 2 fully saturated rings. The van der Waals surface area contributed by atoms with E-state index in [0.29, 0.717) is 12.4 Å². The van der Waals surface area contributed by atoms with Crippen LogP contribution >= 0.6 is 0 Å². The third kappa shape index (κ3) is 3.36. The van der Waals surface area contributed by atoms with Gasteiger partial charge in [-0.05, 0) is 31.0 Å². The molecule has 3 rings (SSSR count). The number of rotatable bonds is 3. The average molecular weight is 292 g/mol. The zero-order valence-corrected chi connectivity index (χ0v) is 11.9. The van der Waals surface area contributed by atoms with E-state index in [0.717, 1.165) is 38.9 Å². The molecule has 1 spiro atoms. The zero-order chi connectivity index (χ0) is 14.7. The van der Waals surface area contributed by atoms with E-state index in [4.69, 9.17) is 19.3 Å². The van der Waals surface area contributed by atoms with Crippen LogP contribution in [0.2, 0.25) is 0 Å². The SMILES string of the molecule is O=C(O)c1cccc(OC2CCOC3(CCOCC3)C2)c1. The second-order valence-electron chi connectivity index (χ2n) is 5.71. The van der Waals surface area contributed by atoms with Crippen molar-refractivity contribution in [2.45, 2.75) is 37.4 Å². The first-order valence-corrected chi connectivity index (χ1v) is 7.39. The number of carboxylic acid groups (broad SMARTS) is 1. The summed E-state index contributed by atoms with van der Waals surface area (Å²) in [4.78, 5) is 11.0. The van der Waals surface area contributed by atoms with Crippen LogP contribution in [0.25, 0.3) is 0 Å². The maximum atomic E-state index is 11.0. The molecule has 2 saturated heterocycles. The molecule has 0 saturated carbocycles. The molecule has 21 heavy (non-hydrogen) atoms. The van der Waals surface area contributed by atoms with Crippen LogP contribution in [0.5, 0.6) is 5.75 Å². The fraction of sp³-hybridized carbons (Fsp3) is 0.562. The van der Waals surface area contributed by atoms with Crippen LogP contribution in [-0.2, 0) is 9.47 Å². The van der Waals surface area contributed by atoms with Gasteiger partial charge in [-0.1, -0.05) is 6.07 Å². The summed E-state index contributed by atoms with van der Waals surface area (Å²) in [5.41, 5.74) is 0.131. The first-order chi connectivity index (χ1) is 10.2. The molecule has 1 aromatic carbocycles. The van der Waals surface area contributed by atoms with Crippen molar-refractivity contribution in [2.24, 2.45) is 0 Å². The lowest BCUT2D eigenvalue weighted by molar-refractivity contribution is -0.155. The molecule has 114 valence electrons. The van der Waals surface area contributed by atoms with E-state index in [1.807, 2.05) is 0 Å². The summed E-state index contributed by atoms with van der Waals surface area (Å²) in [6.45, 7) is 2.16. The van der Waals surface area contributed by atoms with Crippen LogP contribution in [0, 0.1) is 0 Å². The summed E-state index contributed by atoms with van der Waals surface area (Å²) in [7, 11) is 0. The van der Waals surface area contributed by atoms with Gasteiger partial charge in [0.2, 0.25) is 0 Å². The highest BCUT2D eigenvalue weighted by Crippen LogP contribution is 2.35. The van der Waals surface area contributed by atoms with Gasteiger partial charge >= 0.3 is 5.97 Å². The molecule has 1 aromatic rings. The summed E-state index contributed by atoms with van der Waals surface area (Å²) in [6, 6.07) is 6.66. The second-order valence-corrected chi connectivity index (χ2v) is 5.71. The van der Waals surface area contributed by atoms with Crippen molar-refractivity contribution < 1.29 is 24.1 Å². The topological polar surface area (TPSA) is 65.0 Å². The molecular weight excluding hydrogens is 272 g/mol. The summed E-state index contributed by atoms with van der Waals surface area (Å²) < 4.78 is 17.4. The van der Waals surface area contributed by atoms with Gasteiger partial charge in [0, 0.05) is 26.1 Å². The van der Waals surface area contributed by atoms with E-state index in [9.17, 15) is 4.79 Å².